The molecule has 0 atom stereocenters. The Morgan fingerprint density at radius 2 is 1.49 bits per heavy atom. The van der Waals surface area contributed by atoms with Gasteiger partial charge >= 0.3 is 0 Å². The fourth-order valence-electron chi connectivity index (χ4n) is 6.83. The van der Waals surface area contributed by atoms with Gasteiger partial charge in [-0.2, -0.15) is 0 Å². The minimum absolute atomic E-state index is 0. The predicted molar refractivity (Wildman–Crippen MR) is 215 cm³/mol. The molecule has 0 unspecified atom stereocenters. The molecule has 1 radical (unpaired) electrons. The van der Waals surface area contributed by atoms with Gasteiger partial charge in [-0.05, 0) is 95.7 Å². The van der Waals surface area contributed by atoms with Crippen molar-refractivity contribution in [1.82, 2.24) is 9.97 Å². The molecule has 1 aliphatic rings. The molecule has 0 amide bonds. The Bertz CT molecular complexity index is 3000. The van der Waals surface area contributed by atoms with E-state index in [9.17, 15) is 0 Å². The second-order valence-corrected chi connectivity index (χ2v) is 12.9. The number of rotatable bonds is 5. The summed E-state index contributed by atoms with van der Waals surface area (Å²) >= 11 is 0. The summed E-state index contributed by atoms with van der Waals surface area (Å²) in [6.07, 6.45) is 5.81. The second kappa shape index (κ2) is 15.8. The fraction of sp³-hybridized carbons (Fsp3) is 0.184. The zero-order valence-corrected chi connectivity index (χ0v) is 31.0. The van der Waals surface area contributed by atoms with E-state index in [-0.39, 0.29) is 47.9 Å². The molecule has 0 spiro atoms. The second-order valence-electron chi connectivity index (χ2n) is 12.9. The van der Waals surface area contributed by atoms with Crippen molar-refractivity contribution in [3.05, 3.63) is 168 Å². The molecule has 8 aromatic rings. The molecule has 0 N–H and O–H groups in total. The largest absolute Gasteiger partial charge is 0.501 e. The maximum Gasteiger partial charge on any atom is 0.120 e. The van der Waals surface area contributed by atoms with Crippen LogP contribution >= 0.6 is 0 Å². The topological polar surface area (TPSA) is 38.9 Å². The van der Waals surface area contributed by atoms with Crippen LogP contribution in [0.5, 0.6) is 0 Å². The molecule has 1 aliphatic carbocycles. The van der Waals surface area contributed by atoms with Gasteiger partial charge in [0.2, 0.25) is 0 Å². The normalized spacial score (nSPS) is 17.9. The van der Waals surface area contributed by atoms with Crippen molar-refractivity contribution in [3.8, 4) is 44.8 Å². The zero-order valence-electron chi connectivity index (χ0n) is 41.6. The number of benzene rings is 5. The minimum Gasteiger partial charge on any atom is -0.501 e. The third-order valence-electron chi connectivity index (χ3n) is 9.50. The summed E-state index contributed by atoms with van der Waals surface area (Å²) < 4.78 is 110. The van der Waals surface area contributed by atoms with E-state index >= 15 is 0 Å². The number of hydrogen-bond donors (Lipinski definition) is 0. The van der Waals surface area contributed by atoms with Crippen LogP contribution in [-0.2, 0) is 20.1 Å². The average Bonchev–Trinajstić information content (AvgIpc) is 3.89. The molecule has 1 fully saturated rings. The number of para-hydroxylation sites is 1. The molecule has 5 aromatic carbocycles. The molecule has 0 aliphatic heterocycles. The number of pyridine rings is 2. The Morgan fingerprint density at radius 3 is 2.28 bits per heavy atom. The van der Waals surface area contributed by atoms with E-state index in [2.05, 4.69) is 22.1 Å². The van der Waals surface area contributed by atoms with Crippen LogP contribution in [0.2, 0.25) is 0 Å². The maximum absolute atomic E-state index is 8.91. The van der Waals surface area contributed by atoms with E-state index in [1.807, 2.05) is 60.7 Å². The molecule has 3 heterocycles. The van der Waals surface area contributed by atoms with Crippen LogP contribution in [-0.4, -0.2) is 9.97 Å². The van der Waals surface area contributed by atoms with Crippen molar-refractivity contribution in [2.45, 2.75) is 59.0 Å². The van der Waals surface area contributed by atoms with Crippen molar-refractivity contribution in [3.63, 3.8) is 0 Å². The van der Waals surface area contributed by atoms with Crippen LogP contribution in [0.4, 0.5) is 0 Å². The van der Waals surface area contributed by atoms with Crippen molar-refractivity contribution < 1.29 is 42.3 Å². The molecule has 0 bridgehead atoms. The van der Waals surface area contributed by atoms with E-state index in [0.717, 1.165) is 29.2 Å². The Kier molecular flexibility index (Phi) is 7.02. The maximum atomic E-state index is 8.91. The Labute approximate surface area is 344 Å². The van der Waals surface area contributed by atoms with Crippen molar-refractivity contribution in [1.29, 1.82) is 0 Å². The van der Waals surface area contributed by atoms with Crippen LogP contribution in [0.3, 0.4) is 0 Å². The Balaban J connectivity index is 0.000000210. The van der Waals surface area contributed by atoms with Gasteiger partial charge in [0.05, 0.1) is 5.58 Å². The quantitative estimate of drug-likeness (QED) is 0.162. The number of aryl methyl sites for hydroxylation is 4. The number of furan rings is 1. The van der Waals surface area contributed by atoms with Crippen molar-refractivity contribution in [2.75, 3.05) is 0 Å². The molecule has 9 rings (SSSR count). The minimum atomic E-state index is -2.53. The first-order valence-electron chi connectivity index (χ1n) is 23.7. The monoisotopic (exact) mass is 880 g/mol. The van der Waals surface area contributed by atoms with Crippen LogP contribution < -0.4 is 0 Å². The summed E-state index contributed by atoms with van der Waals surface area (Å²) in [5, 5.41) is 1.83. The molecular formula is C49H42IrN2O-2. The zero-order chi connectivity index (χ0) is 46.5. The molecule has 53 heavy (non-hydrogen) atoms. The summed E-state index contributed by atoms with van der Waals surface area (Å²) in [5.74, 6) is -0.833. The number of nitrogens with zero attached hydrogens (tertiary/aromatic N) is 2. The summed E-state index contributed by atoms with van der Waals surface area (Å²) in [4.78, 5) is 8.69. The van der Waals surface area contributed by atoms with E-state index in [1.54, 1.807) is 42.5 Å². The number of aromatic nitrogens is 2. The summed E-state index contributed by atoms with van der Waals surface area (Å²) in [5.41, 5.74) is 6.37. The van der Waals surface area contributed by atoms with E-state index in [4.69, 9.17) is 22.2 Å². The SMILES string of the molecule is [2H]C([2H])([2H])c1ccc(-c2[c-]cc(C([2H])([2H])[2H])c(-c3ccccc3)c2)nc1.[2H]C([2H])([2H])c1cnc(-c2[c-]ccc3c2oc2ccccc23)cc1-c1ccc(C2([2H])CCCC2)cc1C([2H])([2H])[2H].[Ir]. The summed E-state index contributed by atoms with van der Waals surface area (Å²) in [7, 11) is 0. The third-order valence-corrected chi connectivity index (χ3v) is 9.50. The summed E-state index contributed by atoms with van der Waals surface area (Å²) in [6, 6.07) is 39.7. The van der Waals surface area contributed by atoms with E-state index < -0.39 is 33.3 Å². The van der Waals surface area contributed by atoms with E-state index in [0.29, 0.717) is 63.2 Å². The predicted octanol–water partition coefficient (Wildman–Crippen LogP) is 13.2. The van der Waals surface area contributed by atoms with E-state index in [1.165, 1.54) is 24.5 Å². The average molecular weight is 880 g/mol. The molecule has 1 saturated carbocycles. The Morgan fingerprint density at radius 1 is 0.679 bits per heavy atom. The van der Waals surface area contributed by atoms with Crippen molar-refractivity contribution in [2.24, 2.45) is 0 Å². The van der Waals surface area contributed by atoms with Crippen molar-refractivity contribution >= 4 is 21.9 Å². The number of fused-ring (bicyclic) bond motifs is 3. The first-order chi connectivity index (χ1) is 30.6. The van der Waals surface area contributed by atoms with Gasteiger partial charge in [0, 0.05) is 55.7 Å². The van der Waals surface area contributed by atoms with Gasteiger partial charge in [-0.15, -0.1) is 47.5 Å². The molecule has 0 saturated heterocycles. The molecular weight excluding hydrogens is 825 g/mol. The smallest absolute Gasteiger partial charge is 0.120 e. The molecule has 265 valence electrons. The van der Waals surface area contributed by atoms with Gasteiger partial charge in [-0.25, -0.2) is 0 Å². The van der Waals surface area contributed by atoms with Gasteiger partial charge in [0.15, 0.2) is 0 Å². The van der Waals surface area contributed by atoms with Crippen LogP contribution in [0.25, 0.3) is 66.7 Å². The van der Waals surface area contributed by atoms with Gasteiger partial charge in [0.25, 0.3) is 0 Å². The molecule has 4 heteroatoms. The molecule has 3 nitrogen and oxygen atoms in total. The van der Waals surface area contributed by atoms with Gasteiger partial charge in [-0.1, -0.05) is 121 Å². The standard InChI is InChI=1S/C30H26NO.C19H16N.Ir/c1-19-16-22(21-8-3-4-9-21)14-15-23(19)27-17-28(31-18-20(27)2)26-12-7-11-25-24-10-5-6-13-29(24)32-30(25)26;1-14-8-11-19(20-13-14)17-10-9-15(2)18(12-17)16-6-4-3-5-7-16;/h5-7,10-11,13-18,21H,3-4,8-9H2,1-2H3;3-9,11-13H,1-2H3;/q2*-1;/i1D3,2D3,21D;1D3,2D3;. The van der Waals surface area contributed by atoms with Crippen LogP contribution in [0.1, 0.15) is 77.2 Å². The summed E-state index contributed by atoms with van der Waals surface area (Å²) in [6.45, 7) is -9.52. The third kappa shape index (κ3) is 7.53. The van der Waals surface area contributed by atoms with Gasteiger partial charge in [0.1, 0.15) is 5.58 Å². The first-order valence-corrected chi connectivity index (χ1v) is 17.2. The fourth-order valence-corrected chi connectivity index (χ4v) is 6.83. The molecule has 3 aromatic heterocycles. The van der Waals surface area contributed by atoms with Crippen LogP contribution in [0, 0.1) is 39.5 Å². The first kappa shape index (κ1) is 23.5. The van der Waals surface area contributed by atoms with Crippen LogP contribution in [0.15, 0.2) is 132 Å². The Hall–Kier alpha value is -5.15. The number of hydrogen-bond acceptors (Lipinski definition) is 3. The van der Waals surface area contributed by atoms with Gasteiger partial charge in [-0.3, -0.25) is 0 Å². The van der Waals surface area contributed by atoms with Gasteiger partial charge < -0.3 is 14.4 Å².